The molecule has 0 amide bonds. The predicted octanol–water partition coefficient (Wildman–Crippen LogP) is 3.66. The molecule has 2 aromatic heterocycles. The maximum atomic E-state index is 12.4. The minimum atomic E-state index is -3.69. The summed E-state index contributed by atoms with van der Waals surface area (Å²) in [6.07, 6.45) is 1.62. The number of anilines is 1. The molecule has 5 nitrogen and oxygen atoms in total. The van der Waals surface area contributed by atoms with E-state index in [4.69, 9.17) is 0 Å². The number of hydrogen-bond donors (Lipinski definition) is 1. The van der Waals surface area contributed by atoms with Gasteiger partial charge in [0.05, 0.1) is 10.8 Å². The van der Waals surface area contributed by atoms with Crippen molar-refractivity contribution in [1.82, 2.24) is 9.38 Å². The van der Waals surface area contributed by atoms with Crippen LogP contribution in [0.15, 0.2) is 62.6 Å². The number of nitrogens with zero attached hydrogens (tertiary/aromatic N) is 2. The summed E-state index contributed by atoms with van der Waals surface area (Å²) in [5.74, 6) is 0.262. The Bertz CT molecular complexity index is 922. The fraction of sp³-hybridized carbons (Fsp3) is 0. The Labute approximate surface area is 138 Å². The molecule has 108 valence electrons. The number of rotatable bonds is 3. The number of nitrogens with one attached hydrogen (secondary N) is 1. The molecule has 0 radical (unpaired) electrons. The molecule has 0 atom stereocenters. The molecule has 8 heteroatoms. The van der Waals surface area contributed by atoms with Crippen molar-refractivity contribution in [3.63, 3.8) is 0 Å². The average Bonchev–Trinajstić information content (AvgIpc) is 2.82. The maximum Gasteiger partial charge on any atom is 0.264 e. The Morgan fingerprint density at radius 3 is 2.52 bits per heavy atom. The minimum absolute atomic E-state index is 0.168. The van der Waals surface area contributed by atoms with Crippen molar-refractivity contribution in [2.45, 2.75) is 4.90 Å². The van der Waals surface area contributed by atoms with Gasteiger partial charge >= 0.3 is 0 Å². The van der Waals surface area contributed by atoms with Gasteiger partial charge in [-0.2, -0.15) is 0 Å². The molecule has 0 aliphatic rings. The van der Waals surface area contributed by atoms with Crippen LogP contribution < -0.4 is 4.72 Å². The van der Waals surface area contributed by atoms with Gasteiger partial charge in [-0.15, -0.1) is 0 Å². The monoisotopic (exact) mass is 429 g/mol. The summed E-state index contributed by atoms with van der Waals surface area (Å²) in [6, 6.07) is 12.1. The summed E-state index contributed by atoms with van der Waals surface area (Å²) in [5.41, 5.74) is 0.647. The number of fused-ring (bicyclic) bond motifs is 1. The number of hydrogen-bond acceptors (Lipinski definition) is 3. The van der Waals surface area contributed by atoms with E-state index in [-0.39, 0.29) is 10.7 Å². The fourth-order valence-electron chi connectivity index (χ4n) is 1.88. The van der Waals surface area contributed by atoms with Crippen molar-refractivity contribution < 1.29 is 8.42 Å². The lowest BCUT2D eigenvalue weighted by Gasteiger charge is -2.06. The molecule has 0 aliphatic carbocycles. The molecule has 0 saturated carbocycles. The van der Waals surface area contributed by atoms with Crippen LogP contribution in [-0.4, -0.2) is 17.8 Å². The molecule has 0 aliphatic heterocycles. The summed E-state index contributed by atoms with van der Waals surface area (Å²) in [7, 11) is -3.69. The van der Waals surface area contributed by atoms with E-state index in [9.17, 15) is 8.42 Å². The summed E-state index contributed by atoms with van der Waals surface area (Å²) < 4.78 is 30.3. The van der Waals surface area contributed by atoms with E-state index in [1.807, 2.05) is 12.1 Å². The van der Waals surface area contributed by atoms with Crippen LogP contribution in [0.3, 0.4) is 0 Å². The van der Waals surface area contributed by atoms with Gasteiger partial charge in [0.25, 0.3) is 10.0 Å². The molecule has 3 rings (SSSR count). The summed E-state index contributed by atoms with van der Waals surface area (Å²) in [6.45, 7) is 0. The second-order valence-corrected chi connectivity index (χ2v) is 7.56. The van der Waals surface area contributed by atoms with E-state index in [2.05, 4.69) is 41.6 Å². The van der Waals surface area contributed by atoms with Gasteiger partial charge in [0.1, 0.15) is 10.5 Å². The lowest BCUT2D eigenvalue weighted by atomic mass is 10.4. The Hall–Kier alpha value is -1.38. The maximum absolute atomic E-state index is 12.4. The molecule has 3 aromatic rings. The van der Waals surface area contributed by atoms with Crippen molar-refractivity contribution in [3.8, 4) is 0 Å². The van der Waals surface area contributed by atoms with Gasteiger partial charge in [-0.25, -0.2) is 13.4 Å². The highest BCUT2D eigenvalue weighted by atomic mass is 79.9. The van der Waals surface area contributed by atoms with E-state index < -0.39 is 10.0 Å². The largest absolute Gasteiger partial charge is 0.292 e. The van der Waals surface area contributed by atoms with Crippen molar-refractivity contribution in [3.05, 3.63) is 57.7 Å². The van der Waals surface area contributed by atoms with E-state index in [1.165, 1.54) is 6.07 Å². The molecule has 2 heterocycles. The van der Waals surface area contributed by atoms with Gasteiger partial charge in [-0.05, 0) is 56.1 Å². The number of pyridine rings is 1. The van der Waals surface area contributed by atoms with E-state index in [1.54, 1.807) is 34.9 Å². The lowest BCUT2D eigenvalue weighted by molar-refractivity contribution is 0.600. The number of halogens is 2. The summed E-state index contributed by atoms with van der Waals surface area (Å²) >= 11 is 6.62. The smallest absolute Gasteiger partial charge is 0.264 e. The zero-order chi connectivity index (χ0) is 15.0. The van der Waals surface area contributed by atoms with Crippen LogP contribution in [-0.2, 0) is 10.0 Å². The van der Waals surface area contributed by atoms with E-state index >= 15 is 0 Å². The number of benzene rings is 1. The zero-order valence-corrected chi connectivity index (χ0v) is 14.5. The van der Waals surface area contributed by atoms with Crippen LogP contribution in [0.4, 0.5) is 5.82 Å². The molecule has 0 bridgehead atoms. The van der Waals surface area contributed by atoms with Gasteiger partial charge < -0.3 is 0 Å². The molecule has 0 fully saturated rings. The van der Waals surface area contributed by atoms with Gasteiger partial charge in [-0.3, -0.25) is 9.12 Å². The summed E-state index contributed by atoms with van der Waals surface area (Å²) in [5, 5.41) is 0. The first kappa shape index (κ1) is 14.6. The van der Waals surface area contributed by atoms with Gasteiger partial charge in [-0.1, -0.05) is 18.2 Å². The Balaban J connectivity index is 2.02. The zero-order valence-electron chi connectivity index (χ0n) is 10.5. The van der Waals surface area contributed by atoms with Crippen LogP contribution in [0.2, 0.25) is 0 Å². The third-order valence-corrected chi connectivity index (χ3v) is 5.82. The molecule has 1 N–H and O–H groups in total. The van der Waals surface area contributed by atoms with Crippen LogP contribution in [0, 0.1) is 0 Å². The molecule has 21 heavy (non-hydrogen) atoms. The normalized spacial score (nSPS) is 11.7. The van der Waals surface area contributed by atoms with Crippen LogP contribution in [0.1, 0.15) is 0 Å². The van der Waals surface area contributed by atoms with Crippen molar-refractivity contribution >= 4 is 53.3 Å². The first-order valence-electron chi connectivity index (χ1n) is 5.88. The quantitative estimate of drug-likeness (QED) is 0.645. The van der Waals surface area contributed by atoms with Gasteiger partial charge in [0.15, 0.2) is 5.82 Å². The Morgan fingerprint density at radius 2 is 1.81 bits per heavy atom. The number of aromatic nitrogens is 2. The summed E-state index contributed by atoms with van der Waals surface area (Å²) in [4.78, 5) is 4.41. The second kappa shape index (κ2) is 5.43. The van der Waals surface area contributed by atoms with Crippen molar-refractivity contribution in [2.75, 3.05) is 4.72 Å². The third kappa shape index (κ3) is 2.83. The molecule has 0 unspecified atom stereocenters. The van der Waals surface area contributed by atoms with Crippen LogP contribution in [0.25, 0.3) is 5.65 Å². The highest BCUT2D eigenvalue weighted by Gasteiger charge is 2.18. The first-order valence-corrected chi connectivity index (χ1v) is 8.95. The van der Waals surface area contributed by atoms with Crippen LogP contribution >= 0.6 is 31.9 Å². The molecular formula is C13H9Br2N3O2S. The Morgan fingerprint density at radius 1 is 1.05 bits per heavy atom. The molecule has 0 spiro atoms. The van der Waals surface area contributed by atoms with E-state index in [0.29, 0.717) is 10.1 Å². The average molecular weight is 431 g/mol. The first-order chi connectivity index (χ1) is 9.97. The highest BCUT2D eigenvalue weighted by molar-refractivity contribution is 9.10. The minimum Gasteiger partial charge on any atom is -0.292 e. The van der Waals surface area contributed by atoms with Crippen molar-refractivity contribution in [1.29, 1.82) is 0 Å². The van der Waals surface area contributed by atoms with Crippen LogP contribution in [0.5, 0.6) is 0 Å². The third-order valence-electron chi connectivity index (χ3n) is 2.81. The Kier molecular flexibility index (Phi) is 3.76. The SMILES string of the molecule is O=S(=O)(Nc1cn2c(Br)cccc2n1)c1ccccc1Br. The van der Waals surface area contributed by atoms with Crippen molar-refractivity contribution in [2.24, 2.45) is 0 Å². The number of imidazole rings is 1. The van der Waals surface area contributed by atoms with Gasteiger partial charge in [0, 0.05) is 4.47 Å². The molecule has 0 saturated heterocycles. The predicted molar refractivity (Wildman–Crippen MR) is 87.8 cm³/mol. The highest BCUT2D eigenvalue weighted by Crippen LogP contribution is 2.24. The van der Waals surface area contributed by atoms with E-state index in [0.717, 1.165) is 4.60 Å². The molecule has 1 aromatic carbocycles. The fourth-order valence-corrected chi connectivity index (χ4v) is 4.31. The van der Waals surface area contributed by atoms with Gasteiger partial charge in [0.2, 0.25) is 0 Å². The lowest BCUT2D eigenvalue weighted by Crippen LogP contribution is -2.13. The number of sulfonamides is 1. The second-order valence-electron chi connectivity index (χ2n) is 4.24. The standard InChI is InChI=1S/C13H9Br2N3O2S/c14-9-4-1-2-5-10(9)21(19,20)17-12-8-18-11(15)6-3-7-13(18)16-12/h1-8,17H. The molecular weight excluding hydrogens is 422 g/mol. The topological polar surface area (TPSA) is 63.5 Å².